The van der Waals surface area contributed by atoms with Gasteiger partial charge in [0.05, 0.1) is 11.6 Å². The summed E-state index contributed by atoms with van der Waals surface area (Å²) in [5, 5.41) is 11.7. The van der Waals surface area contributed by atoms with E-state index in [1.807, 2.05) is 6.92 Å². The minimum Gasteiger partial charge on any atom is -0.481 e. The third kappa shape index (κ3) is 4.24. The normalized spacial score (nSPS) is 11.9. The Morgan fingerprint density at radius 3 is 2.63 bits per heavy atom. The van der Waals surface area contributed by atoms with Crippen molar-refractivity contribution in [1.82, 2.24) is 0 Å². The average Bonchev–Trinajstić information content (AvgIpc) is 2.35. The van der Waals surface area contributed by atoms with Crippen LogP contribution in [0.25, 0.3) is 0 Å². The molecule has 1 amide bonds. The van der Waals surface area contributed by atoms with Crippen molar-refractivity contribution in [3.63, 3.8) is 0 Å². The molecular weight excluding hydrogens is 251 g/mol. The second-order valence-electron chi connectivity index (χ2n) is 4.26. The molecule has 0 heterocycles. The topological polar surface area (TPSA) is 92.4 Å². The fraction of sp³-hybridized carbons (Fsp3) is 0.385. The predicted octanol–water partition coefficient (Wildman–Crippen LogP) is 1.84. The molecule has 4 N–H and O–H groups in total. The third-order valence-electron chi connectivity index (χ3n) is 2.78. The second kappa shape index (κ2) is 6.72. The number of primary amides is 1. The Morgan fingerprint density at radius 2 is 2.16 bits per heavy atom. The van der Waals surface area contributed by atoms with Gasteiger partial charge in [-0.2, -0.15) is 0 Å². The van der Waals surface area contributed by atoms with Crippen LogP contribution in [-0.4, -0.2) is 23.5 Å². The zero-order chi connectivity index (χ0) is 14.4. The van der Waals surface area contributed by atoms with Crippen LogP contribution in [0.3, 0.4) is 0 Å². The summed E-state index contributed by atoms with van der Waals surface area (Å²) < 4.78 is 13.6. The maximum absolute atomic E-state index is 13.6. The maximum atomic E-state index is 13.6. The molecule has 0 aliphatic carbocycles. The lowest BCUT2D eigenvalue weighted by atomic mass is 10.0. The number of nitrogens with two attached hydrogens (primary N) is 1. The van der Waals surface area contributed by atoms with E-state index in [9.17, 15) is 14.0 Å². The molecule has 0 bridgehead atoms. The van der Waals surface area contributed by atoms with E-state index in [0.717, 1.165) is 12.5 Å². The van der Waals surface area contributed by atoms with Gasteiger partial charge in [-0.25, -0.2) is 4.39 Å². The number of aliphatic carboxylic acids is 1. The summed E-state index contributed by atoms with van der Waals surface area (Å²) in [5.41, 5.74) is 5.27. The highest BCUT2D eigenvalue weighted by Gasteiger charge is 2.16. The van der Waals surface area contributed by atoms with Crippen molar-refractivity contribution in [3.05, 3.63) is 29.6 Å². The van der Waals surface area contributed by atoms with E-state index in [1.54, 1.807) is 0 Å². The number of nitrogens with one attached hydrogen (secondary N) is 1. The van der Waals surface area contributed by atoms with Gasteiger partial charge < -0.3 is 16.2 Å². The van der Waals surface area contributed by atoms with Gasteiger partial charge in [-0.3, -0.25) is 9.59 Å². The number of amides is 1. The van der Waals surface area contributed by atoms with Crippen LogP contribution in [0.15, 0.2) is 18.2 Å². The zero-order valence-corrected chi connectivity index (χ0v) is 10.6. The molecule has 0 spiro atoms. The summed E-state index contributed by atoms with van der Waals surface area (Å²) in [6.45, 7) is 2.02. The molecule has 1 aromatic carbocycles. The van der Waals surface area contributed by atoms with E-state index in [4.69, 9.17) is 10.8 Å². The number of hydrogen-bond acceptors (Lipinski definition) is 3. The number of carbonyl (C=O) groups is 2. The SMILES string of the molecule is CCCC(CNc1ccc(C(N)=O)cc1F)C(=O)O. The number of rotatable bonds is 7. The monoisotopic (exact) mass is 268 g/mol. The van der Waals surface area contributed by atoms with Crippen molar-refractivity contribution in [2.24, 2.45) is 11.7 Å². The van der Waals surface area contributed by atoms with E-state index < -0.39 is 23.6 Å². The fourth-order valence-corrected chi connectivity index (χ4v) is 1.71. The zero-order valence-electron chi connectivity index (χ0n) is 10.6. The average molecular weight is 268 g/mol. The van der Waals surface area contributed by atoms with Gasteiger partial charge in [0.2, 0.25) is 5.91 Å². The van der Waals surface area contributed by atoms with E-state index in [0.29, 0.717) is 6.42 Å². The molecule has 1 rings (SSSR count). The summed E-state index contributed by atoms with van der Waals surface area (Å²) in [5.74, 6) is -2.82. The third-order valence-corrected chi connectivity index (χ3v) is 2.78. The van der Waals surface area contributed by atoms with Crippen molar-refractivity contribution in [1.29, 1.82) is 0 Å². The molecule has 104 valence electrons. The van der Waals surface area contributed by atoms with E-state index in [1.165, 1.54) is 12.1 Å². The van der Waals surface area contributed by atoms with Gasteiger partial charge in [-0.1, -0.05) is 13.3 Å². The standard InChI is InChI=1S/C13H17FN2O3/c1-2-3-9(13(18)19)7-16-11-5-4-8(12(15)17)6-10(11)14/h4-6,9,16H,2-3,7H2,1H3,(H2,15,17)(H,18,19). The van der Waals surface area contributed by atoms with Gasteiger partial charge >= 0.3 is 5.97 Å². The number of benzene rings is 1. The van der Waals surface area contributed by atoms with Crippen LogP contribution in [0.2, 0.25) is 0 Å². The number of halogens is 1. The molecule has 0 fully saturated rings. The molecule has 0 aromatic heterocycles. The van der Waals surface area contributed by atoms with Crippen molar-refractivity contribution >= 4 is 17.6 Å². The van der Waals surface area contributed by atoms with Gasteiger partial charge in [0, 0.05) is 12.1 Å². The van der Waals surface area contributed by atoms with Crippen LogP contribution in [-0.2, 0) is 4.79 Å². The van der Waals surface area contributed by atoms with Crippen molar-refractivity contribution in [2.75, 3.05) is 11.9 Å². The molecule has 0 saturated heterocycles. The Labute approximate surface area is 110 Å². The Morgan fingerprint density at radius 1 is 1.47 bits per heavy atom. The van der Waals surface area contributed by atoms with E-state index in [2.05, 4.69) is 5.32 Å². The highest BCUT2D eigenvalue weighted by atomic mass is 19.1. The van der Waals surface area contributed by atoms with Gasteiger partial charge in [0.25, 0.3) is 0 Å². The van der Waals surface area contributed by atoms with Crippen LogP contribution < -0.4 is 11.1 Å². The van der Waals surface area contributed by atoms with E-state index in [-0.39, 0.29) is 17.8 Å². The van der Waals surface area contributed by atoms with Gasteiger partial charge in [0.15, 0.2) is 0 Å². The summed E-state index contributed by atoms with van der Waals surface area (Å²) in [6.07, 6.45) is 1.26. The quantitative estimate of drug-likeness (QED) is 0.703. The molecule has 1 atom stereocenters. The molecule has 0 radical (unpaired) electrons. The molecule has 19 heavy (non-hydrogen) atoms. The van der Waals surface area contributed by atoms with Crippen LogP contribution >= 0.6 is 0 Å². The molecule has 1 unspecified atom stereocenters. The fourth-order valence-electron chi connectivity index (χ4n) is 1.71. The maximum Gasteiger partial charge on any atom is 0.308 e. The summed E-state index contributed by atoms with van der Waals surface area (Å²) in [4.78, 5) is 21.8. The smallest absolute Gasteiger partial charge is 0.308 e. The lowest BCUT2D eigenvalue weighted by Crippen LogP contribution is -2.23. The lowest BCUT2D eigenvalue weighted by Gasteiger charge is -2.14. The van der Waals surface area contributed by atoms with Crippen LogP contribution in [0, 0.1) is 11.7 Å². The first-order valence-corrected chi connectivity index (χ1v) is 6.01. The molecular formula is C13H17FN2O3. The van der Waals surface area contributed by atoms with Crippen molar-refractivity contribution < 1.29 is 19.1 Å². The van der Waals surface area contributed by atoms with Crippen LogP contribution in [0.5, 0.6) is 0 Å². The molecule has 5 nitrogen and oxygen atoms in total. The molecule has 1 aromatic rings. The highest BCUT2D eigenvalue weighted by molar-refractivity contribution is 5.93. The minimum absolute atomic E-state index is 0.0754. The van der Waals surface area contributed by atoms with Gasteiger partial charge in [0.1, 0.15) is 5.82 Å². The largest absolute Gasteiger partial charge is 0.481 e. The highest BCUT2D eigenvalue weighted by Crippen LogP contribution is 2.17. The minimum atomic E-state index is -0.913. The van der Waals surface area contributed by atoms with Gasteiger partial charge in [-0.15, -0.1) is 0 Å². The number of hydrogen-bond donors (Lipinski definition) is 3. The Bertz CT molecular complexity index is 477. The lowest BCUT2D eigenvalue weighted by molar-refractivity contribution is -0.141. The van der Waals surface area contributed by atoms with E-state index >= 15 is 0 Å². The first-order valence-electron chi connectivity index (χ1n) is 6.01. The van der Waals surface area contributed by atoms with Crippen molar-refractivity contribution in [2.45, 2.75) is 19.8 Å². The molecule has 0 aliphatic heterocycles. The first kappa shape index (κ1) is 14.9. The molecule has 0 saturated carbocycles. The Hall–Kier alpha value is -2.11. The number of carboxylic acid groups (broad SMARTS) is 1. The Balaban J connectivity index is 2.72. The predicted molar refractivity (Wildman–Crippen MR) is 69.4 cm³/mol. The number of carboxylic acids is 1. The number of carbonyl (C=O) groups excluding carboxylic acids is 1. The van der Waals surface area contributed by atoms with Crippen LogP contribution in [0.1, 0.15) is 30.1 Å². The van der Waals surface area contributed by atoms with Crippen molar-refractivity contribution in [3.8, 4) is 0 Å². The van der Waals surface area contributed by atoms with Gasteiger partial charge in [-0.05, 0) is 24.6 Å². The Kier molecular flexibility index (Phi) is 5.29. The summed E-state index contributed by atoms with van der Waals surface area (Å²) >= 11 is 0. The summed E-state index contributed by atoms with van der Waals surface area (Å²) in [7, 11) is 0. The molecule has 6 heteroatoms. The number of anilines is 1. The first-order chi connectivity index (χ1) is 8.95. The van der Waals surface area contributed by atoms with Crippen LogP contribution in [0.4, 0.5) is 10.1 Å². The summed E-state index contributed by atoms with van der Waals surface area (Å²) in [6, 6.07) is 3.80. The second-order valence-corrected chi connectivity index (χ2v) is 4.26. The molecule has 0 aliphatic rings.